The van der Waals surface area contributed by atoms with E-state index >= 15 is 0 Å². The second kappa shape index (κ2) is 8.43. The van der Waals surface area contributed by atoms with Gasteiger partial charge in [0.2, 0.25) is 5.91 Å². The van der Waals surface area contributed by atoms with E-state index in [0.717, 1.165) is 45.7 Å². The molecule has 5 nitrogen and oxygen atoms in total. The molecule has 1 heterocycles. The van der Waals surface area contributed by atoms with Crippen LogP contribution in [0.5, 0.6) is 0 Å². The van der Waals surface area contributed by atoms with E-state index in [2.05, 4.69) is 45.4 Å². The molecule has 0 bridgehead atoms. The van der Waals surface area contributed by atoms with Crippen molar-refractivity contribution in [1.82, 2.24) is 15.1 Å². The molecule has 0 atom stereocenters. The van der Waals surface area contributed by atoms with Crippen LogP contribution in [0.2, 0.25) is 0 Å². The lowest BCUT2D eigenvalue weighted by molar-refractivity contribution is -0.125. The molecule has 1 amide bonds. The van der Waals surface area contributed by atoms with E-state index in [1.807, 2.05) is 0 Å². The molecule has 1 saturated heterocycles. The van der Waals surface area contributed by atoms with Gasteiger partial charge in [-0.3, -0.25) is 9.69 Å². The molecule has 1 aromatic carbocycles. The molecule has 2 rings (SSSR count). The molecule has 1 aromatic rings. The second-order valence-corrected chi connectivity index (χ2v) is 6.93. The van der Waals surface area contributed by atoms with Crippen LogP contribution in [-0.4, -0.2) is 60.5 Å². The molecule has 0 aromatic heterocycles. The SMILES string of the molecule is CC(C)(N)C(=O)NCCCN1CCN(Cc2ccccc2)CC1. The van der Waals surface area contributed by atoms with Crippen molar-refractivity contribution < 1.29 is 4.79 Å². The summed E-state index contributed by atoms with van der Waals surface area (Å²) in [4.78, 5) is 16.7. The summed E-state index contributed by atoms with van der Waals surface area (Å²) in [7, 11) is 0. The number of rotatable bonds is 7. The van der Waals surface area contributed by atoms with Gasteiger partial charge in [-0.25, -0.2) is 0 Å². The van der Waals surface area contributed by atoms with E-state index in [1.165, 1.54) is 5.56 Å². The van der Waals surface area contributed by atoms with Crippen molar-refractivity contribution in [2.24, 2.45) is 5.73 Å². The number of nitrogens with zero attached hydrogens (tertiary/aromatic N) is 2. The Morgan fingerprint density at radius 1 is 1.13 bits per heavy atom. The highest BCUT2D eigenvalue weighted by atomic mass is 16.2. The fourth-order valence-electron chi connectivity index (χ4n) is 2.75. The van der Waals surface area contributed by atoms with Gasteiger partial charge >= 0.3 is 0 Å². The first-order chi connectivity index (χ1) is 10.9. The third-order valence-electron chi connectivity index (χ3n) is 4.24. The van der Waals surface area contributed by atoms with Crippen molar-refractivity contribution in [3.8, 4) is 0 Å². The normalized spacial score (nSPS) is 17.2. The number of hydrogen-bond donors (Lipinski definition) is 2. The number of amides is 1. The number of hydrogen-bond acceptors (Lipinski definition) is 4. The number of nitrogens with one attached hydrogen (secondary N) is 1. The quantitative estimate of drug-likeness (QED) is 0.738. The van der Waals surface area contributed by atoms with E-state index < -0.39 is 5.54 Å². The molecule has 1 fully saturated rings. The van der Waals surface area contributed by atoms with E-state index in [4.69, 9.17) is 5.73 Å². The molecular formula is C18H30N4O. The Morgan fingerprint density at radius 3 is 2.35 bits per heavy atom. The fraction of sp³-hybridized carbons (Fsp3) is 0.611. The van der Waals surface area contributed by atoms with Crippen LogP contribution in [0, 0.1) is 0 Å². The standard InChI is InChI=1S/C18H30N4O/c1-18(2,19)17(23)20-9-6-10-21-11-13-22(14-12-21)15-16-7-4-3-5-8-16/h3-5,7-8H,6,9-15,19H2,1-2H3,(H,20,23). The molecule has 0 unspecified atom stereocenters. The molecule has 23 heavy (non-hydrogen) atoms. The van der Waals surface area contributed by atoms with Crippen LogP contribution in [0.4, 0.5) is 0 Å². The lowest BCUT2D eigenvalue weighted by Gasteiger charge is -2.34. The lowest BCUT2D eigenvalue weighted by atomic mass is 10.1. The third-order valence-corrected chi connectivity index (χ3v) is 4.24. The van der Waals surface area contributed by atoms with E-state index in [1.54, 1.807) is 13.8 Å². The maximum Gasteiger partial charge on any atom is 0.239 e. The monoisotopic (exact) mass is 318 g/mol. The molecule has 128 valence electrons. The largest absolute Gasteiger partial charge is 0.354 e. The van der Waals surface area contributed by atoms with Gasteiger partial charge in [0.05, 0.1) is 5.54 Å². The molecule has 0 spiro atoms. The van der Waals surface area contributed by atoms with Crippen molar-refractivity contribution in [3.05, 3.63) is 35.9 Å². The molecule has 0 radical (unpaired) electrons. The summed E-state index contributed by atoms with van der Waals surface area (Å²) in [6, 6.07) is 10.6. The summed E-state index contributed by atoms with van der Waals surface area (Å²) in [5, 5.41) is 2.90. The Kier molecular flexibility index (Phi) is 6.57. The highest BCUT2D eigenvalue weighted by Gasteiger charge is 2.21. The predicted molar refractivity (Wildman–Crippen MR) is 94.1 cm³/mol. The van der Waals surface area contributed by atoms with Crippen LogP contribution in [0.25, 0.3) is 0 Å². The predicted octanol–water partition coefficient (Wildman–Crippen LogP) is 1.05. The van der Waals surface area contributed by atoms with Gasteiger partial charge in [-0.15, -0.1) is 0 Å². The first-order valence-electron chi connectivity index (χ1n) is 8.51. The molecule has 0 saturated carbocycles. The maximum absolute atomic E-state index is 11.7. The minimum absolute atomic E-state index is 0.0785. The molecule has 1 aliphatic heterocycles. The van der Waals surface area contributed by atoms with Crippen molar-refractivity contribution in [2.45, 2.75) is 32.4 Å². The van der Waals surface area contributed by atoms with Crippen molar-refractivity contribution >= 4 is 5.91 Å². The summed E-state index contributed by atoms with van der Waals surface area (Å²) >= 11 is 0. The van der Waals surface area contributed by atoms with Gasteiger partial charge in [0.1, 0.15) is 0 Å². The number of carbonyl (C=O) groups is 1. The number of nitrogens with two attached hydrogens (primary N) is 1. The van der Waals surface area contributed by atoms with Crippen LogP contribution in [0.3, 0.4) is 0 Å². The van der Waals surface area contributed by atoms with Gasteiger partial charge in [0.15, 0.2) is 0 Å². The van der Waals surface area contributed by atoms with Crippen molar-refractivity contribution in [2.75, 3.05) is 39.3 Å². The minimum Gasteiger partial charge on any atom is -0.354 e. The smallest absolute Gasteiger partial charge is 0.239 e. The Labute approximate surface area is 139 Å². The van der Waals surface area contributed by atoms with Crippen LogP contribution in [0.1, 0.15) is 25.8 Å². The van der Waals surface area contributed by atoms with Crippen molar-refractivity contribution in [1.29, 1.82) is 0 Å². The minimum atomic E-state index is -0.789. The zero-order chi connectivity index (χ0) is 16.7. The summed E-state index contributed by atoms with van der Waals surface area (Å²) < 4.78 is 0. The Balaban J connectivity index is 1.59. The topological polar surface area (TPSA) is 61.6 Å². The Hall–Kier alpha value is -1.43. The van der Waals surface area contributed by atoms with E-state index in [0.29, 0.717) is 6.54 Å². The molecule has 1 aliphatic rings. The summed E-state index contributed by atoms with van der Waals surface area (Å²) in [5.74, 6) is -0.0785. The molecular weight excluding hydrogens is 288 g/mol. The van der Waals surface area contributed by atoms with Crippen LogP contribution in [-0.2, 0) is 11.3 Å². The number of piperazine rings is 1. The third kappa shape index (κ3) is 6.29. The zero-order valence-corrected chi connectivity index (χ0v) is 14.4. The van der Waals surface area contributed by atoms with Gasteiger partial charge < -0.3 is 16.0 Å². The van der Waals surface area contributed by atoms with Crippen LogP contribution >= 0.6 is 0 Å². The van der Waals surface area contributed by atoms with Crippen LogP contribution < -0.4 is 11.1 Å². The van der Waals surface area contributed by atoms with E-state index in [9.17, 15) is 4.79 Å². The first-order valence-corrected chi connectivity index (χ1v) is 8.51. The number of carbonyl (C=O) groups excluding carboxylic acids is 1. The molecule has 0 aliphatic carbocycles. The van der Waals surface area contributed by atoms with Gasteiger partial charge in [0.25, 0.3) is 0 Å². The van der Waals surface area contributed by atoms with Gasteiger partial charge in [-0.05, 0) is 32.4 Å². The first kappa shape index (κ1) is 17.9. The average Bonchev–Trinajstić information content (AvgIpc) is 2.53. The fourth-order valence-corrected chi connectivity index (χ4v) is 2.75. The zero-order valence-electron chi connectivity index (χ0n) is 14.4. The van der Waals surface area contributed by atoms with Gasteiger partial charge in [-0.2, -0.15) is 0 Å². The highest BCUT2D eigenvalue weighted by Crippen LogP contribution is 2.08. The van der Waals surface area contributed by atoms with Crippen molar-refractivity contribution in [3.63, 3.8) is 0 Å². The lowest BCUT2D eigenvalue weighted by Crippen LogP contribution is -2.50. The van der Waals surface area contributed by atoms with Gasteiger partial charge in [-0.1, -0.05) is 30.3 Å². The Bertz CT molecular complexity index is 476. The average molecular weight is 318 g/mol. The summed E-state index contributed by atoms with van der Waals surface area (Å²) in [6.45, 7) is 10.6. The highest BCUT2D eigenvalue weighted by molar-refractivity contribution is 5.84. The summed E-state index contributed by atoms with van der Waals surface area (Å²) in [6.07, 6.45) is 0.973. The van der Waals surface area contributed by atoms with E-state index in [-0.39, 0.29) is 5.91 Å². The Morgan fingerprint density at radius 2 is 1.74 bits per heavy atom. The van der Waals surface area contributed by atoms with Gasteiger partial charge in [0, 0.05) is 39.3 Å². The molecule has 3 N–H and O–H groups in total. The molecule has 5 heteroatoms. The van der Waals surface area contributed by atoms with Crippen LogP contribution in [0.15, 0.2) is 30.3 Å². The number of benzene rings is 1. The maximum atomic E-state index is 11.7. The second-order valence-electron chi connectivity index (χ2n) is 6.93. The summed E-state index contributed by atoms with van der Waals surface area (Å²) in [5.41, 5.74) is 6.35.